The first kappa shape index (κ1) is 35.8. The number of aliphatic hydroxyl groups excluding tert-OH is 1. The molecule has 1 fully saturated rings. The van der Waals surface area contributed by atoms with Crippen LogP contribution in [-0.4, -0.2) is 68.3 Å². The van der Waals surface area contributed by atoms with E-state index in [1.54, 1.807) is 25.3 Å². The largest absolute Gasteiger partial charge is 0.543 e. The Morgan fingerprint density at radius 2 is 1.70 bits per heavy atom. The van der Waals surface area contributed by atoms with Crippen molar-refractivity contribution in [1.82, 2.24) is 0 Å². The van der Waals surface area contributed by atoms with Gasteiger partial charge in [-0.1, -0.05) is 52.0 Å². The molecule has 0 aliphatic carbocycles. The molecule has 2 aliphatic heterocycles. The summed E-state index contributed by atoms with van der Waals surface area (Å²) in [5.74, 6) is -1.25. The predicted molar refractivity (Wildman–Crippen MR) is 176 cm³/mol. The van der Waals surface area contributed by atoms with Crippen LogP contribution < -0.4 is 9.33 Å². The summed E-state index contributed by atoms with van der Waals surface area (Å²) in [7, 11) is -0.826. The number of ether oxygens (including phenoxy) is 4. The van der Waals surface area contributed by atoms with Crippen LogP contribution in [0.3, 0.4) is 0 Å². The quantitative estimate of drug-likeness (QED) is 0.208. The van der Waals surface area contributed by atoms with Crippen LogP contribution in [0.4, 0.5) is 10.5 Å². The molecule has 10 heteroatoms. The number of carbonyl (C=O) groups is 2. The highest BCUT2D eigenvalue weighted by Gasteiger charge is 2.44. The van der Waals surface area contributed by atoms with Crippen molar-refractivity contribution in [3.8, 4) is 5.75 Å². The molecule has 0 saturated carbocycles. The highest BCUT2D eigenvalue weighted by atomic mass is 28.4. The molecule has 2 heterocycles. The van der Waals surface area contributed by atoms with Crippen LogP contribution >= 0.6 is 0 Å². The third kappa shape index (κ3) is 8.74. The second-order valence-corrected chi connectivity index (χ2v) is 19.7. The van der Waals surface area contributed by atoms with E-state index in [1.807, 2.05) is 66.7 Å². The number of fused-ring (bicyclic) bond motifs is 2. The molecule has 9 nitrogen and oxygen atoms in total. The van der Waals surface area contributed by atoms with E-state index in [0.717, 1.165) is 0 Å². The zero-order valence-corrected chi connectivity index (χ0v) is 29.8. The summed E-state index contributed by atoms with van der Waals surface area (Å²) < 4.78 is 30.7. The van der Waals surface area contributed by atoms with Crippen LogP contribution in [0.25, 0.3) is 6.08 Å². The van der Waals surface area contributed by atoms with E-state index in [2.05, 4.69) is 33.9 Å². The number of cyclic esters (lactones) is 1. The van der Waals surface area contributed by atoms with Gasteiger partial charge in [-0.05, 0) is 77.7 Å². The summed E-state index contributed by atoms with van der Waals surface area (Å²) in [4.78, 5) is 28.5. The van der Waals surface area contributed by atoms with Crippen molar-refractivity contribution in [3.05, 3.63) is 41.5 Å². The lowest BCUT2D eigenvalue weighted by Gasteiger charge is -2.37. The number of esters is 1. The molecule has 0 unspecified atom stereocenters. The summed E-state index contributed by atoms with van der Waals surface area (Å²) in [6.07, 6.45) is 4.66. The van der Waals surface area contributed by atoms with E-state index in [1.165, 1.54) is 4.90 Å². The molecule has 246 valence electrons. The second-order valence-electron chi connectivity index (χ2n) is 14.9. The fourth-order valence-corrected chi connectivity index (χ4v) is 5.68. The van der Waals surface area contributed by atoms with Gasteiger partial charge in [-0.3, -0.25) is 4.90 Å². The Balaban J connectivity index is 2.22. The lowest BCUT2D eigenvalue weighted by molar-refractivity contribution is -0.152. The number of hydrogen-bond acceptors (Lipinski definition) is 8. The zero-order chi connectivity index (χ0) is 33.4. The molecule has 1 N–H and O–H groups in total. The van der Waals surface area contributed by atoms with E-state index in [9.17, 15) is 14.7 Å². The van der Waals surface area contributed by atoms with Gasteiger partial charge >= 0.3 is 12.1 Å². The monoisotopic (exact) mass is 631 g/mol. The van der Waals surface area contributed by atoms with Crippen molar-refractivity contribution in [2.75, 3.05) is 11.9 Å². The van der Waals surface area contributed by atoms with Gasteiger partial charge in [0.15, 0.2) is 5.79 Å². The molecule has 2 aliphatic rings. The molecule has 44 heavy (non-hydrogen) atoms. The number of rotatable bonds is 3. The van der Waals surface area contributed by atoms with Crippen molar-refractivity contribution >= 4 is 32.1 Å². The topological polar surface area (TPSA) is 104 Å². The number of amides is 1. The summed E-state index contributed by atoms with van der Waals surface area (Å²) in [6.45, 7) is 23.4. The Kier molecular flexibility index (Phi) is 10.6. The maximum atomic E-state index is 14.0. The molecular weight excluding hydrogens is 578 g/mol. The fraction of sp³-hybridized carbons (Fsp3) is 0.647. The summed E-state index contributed by atoms with van der Waals surface area (Å²) >= 11 is 0. The molecular formula is C34H53NO8Si. The average molecular weight is 632 g/mol. The number of aliphatic hydroxyl groups is 1. The van der Waals surface area contributed by atoms with Crippen LogP contribution in [0, 0.1) is 5.92 Å². The molecule has 0 bridgehead atoms. The van der Waals surface area contributed by atoms with Crippen LogP contribution in [0.1, 0.15) is 91.6 Å². The van der Waals surface area contributed by atoms with Crippen molar-refractivity contribution < 1.29 is 38.1 Å². The maximum absolute atomic E-state index is 14.0. The van der Waals surface area contributed by atoms with Gasteiger partial charge in [-0.15, -0.1) is 0 Å². The highest BCUT2D eigenvalue weighted by molar-refractivity contribution is 6.74. The molecule has 1 amide bonds. The zero-order valence-electron chi connectivity index (χ0n) is 28.8. The number of anilines is 1. The first-order chi connectivity index (χ1) is 20.0. The molecule has 1 aromatic carbocycles. The molecule has 0 spiro atoms. The minimum absolute atomic E-state index is 0.163. The van der Waals surface area contributed by atoms with Crippen LogP contribution in [0.2, 0.25) is 18.1 Å². The molecule has 1 aromatic rings. The SMILES string of the molecule is C[C@@H]1C=C[C@@H](O)[C@@H]2OC(C)(C)O[C@H]2CC=Cc2cc(N(C)C(=O)OC(C)(C)C)cc(O[Si](C)(C)C(C)(C)C)c2C(=O)O[C@H]1C. The molecule has 1 saturated heterocycles. The highest BCUT2D eigenvalue weighted by Crippen LogP contribution is 2.41. The Hall–Kier alpha value is -2.66. The normalized spacial score (nSPS) is 26.2. The molecule has 0 radical (unpaired) electrons. The number of nitrogens with zero attached hydrogens (tertiary/aromatic N) is 1. The van der Waals surface area contributed by atoms with E-state index in [4.69, 9.17) is 23.4 Å². The third-order valence-electron chi connectivity index (χ3n) is 8.42. The van der Waals surface area contributed by atoms with E-state index in [-0.39, 0.29) is 16.5 Å². The lowest BCUT2D eigenvalue weighted by atomic mass is 9.98. The van der Waals surface area contributed by atoms with Crippen molar-refractivity contribution in [1.29, 1.82) is 0 Å². The van der Waals surface area contributed by atoms with Gasteiger partial charge in [0.05, 0.1) is 11.8 Å². The van der Waals surface area contributed by atoms with Gasteiger partial charge in [0.25, 0.3) is 8.32 Å². The first-order valence-electron chi connectivity index (χ1n) is 15.4. The van der Waals surface area contributed by atoms with Crippen LogP contribution in [-0.2, 0) is 18.9 Å². The Morgan fingerprint density at radius 3 is 2.30 bits per heavy atom. The number of hydrogen-bond donors (Lipinski definition) is 1. The van der Waals surface area contributed by atoms with Crippen molar-refractivity contribution in [2.24, 2.45) is 5.92 Å². The van der Waals surface area contributed by atoms with E-state index >= 15 is 0 Å². The minimum atomic E-state index is -2.46. The molecule has 5 atom stereocenters. The van der Waals surface area contributed by atoms with E-state index in [0.29, 0.717) is 23.4 Å². The number of benzene rings is 1. The standard InChI is InChI=1S/C34H53NO8Si/c1-21-17-18-25(36)29-26(40-34(9,10)41-29)16-14-15-23-19-24(35(11)31(38)42-32(3,4)5)20-27(28(23)30(37)39-22(21)2)43-44(12,13)33(6,7)8/h14-15,17-22,25-26,29,36H,16H2,1-13H3/t21-,22+,25-,26+,29+/m1/s1. The van der Waals surface area contributed by atoms with Gasteiger partial charge in [0.2, 0.25) is 0 Å². The first-order valence-corrected chi connectivity index (χ1v) is 18.4. The summed E-state index contributed by atoms with van der Waals surface area (Å²) in [5.41, 5.74) is 0.625. The van der Waals surface area contributed by atoms with Crippen molar-refractivity contribution in [3.63, 3.8) is 0 Å². The van der Waals surface area contributed by atoms with Crippen LogP contribution in [0.5, 0.6) is 5.75 Å². The second kappa shape index (κ2) is 13.0. The summed E-state index contributed by atoms with van der Waals surface area (Å²) in [5, 5.41) is 10.8. The minimum Gasteiger partial charge on any atom is -0.543 e. The molecule has 0 aromatic heterocycles. The lowest BCUT2D eigenvalue weighted by Crippen LogP contribution is -2.44. The van der Waals surface area contributed by atoms with Crippen molar-refractivity contribution in [2.45, 2.75) is 130 Å². The smallest absolute Gasteiger partial charge is 0.414 e. The van der Waals surface area contributed by atoms with E-state index < -0.39 is 56.2 Å². The number of carbonyl (C=O) groups excluding carboxylic acids is 2. The Morgan fingerprint density at radius 1 is 1.07 bits per heavy atom. The van der Waals surface area contributed by atoms with Gasteiger partial charge in [0.1, 0.15) is 35.2 Å². The Bertz CT molecular complexity index is 1270. The fourth-order valence-electron chi connectivity index (χ4n) is 4.66. The van der Waals surface area contributed by atoms with Crippen LogP contribution in [0.15, 0.2) is 30.4 Å². The maximum Gasteiger partial charge on any atom is 0.414 e. The van der Waals surface area contributed by atoms with Gasteiger partial charge in [0, 0.05) is 19.0 Å². The predicted octanol–water partition coefficient (Wildman–Crippen LogP) is 7.48. The molecule has 3 rings (SSSR count). The summed E-state index contributed by atoms with van der Waals surface area (Å²) in [6, 6.07) is 3.48. The van der Waals surface area contributed by atoms with Gasteiger partial charge in [-0.2, -0.15) is 0 Å². The third-order valence-corrected chi connectivity index (χ3v) is 12.8. The van der Waals surface area contributed by atoms with Gasteiger partial charge in [-0.25, -0.2) is 9.59 Å². The average Bonchev–Trinajstić information content (AvgIpc) is 3.17. The van der Waals surface area contributed by atoms with Gasteiger partial charge < -0.3 is 28.5 Å². The Labute approximate surface area is 264 Å².